The highest BCUT2D eigenvalue weighted by atomic mass is 16.5. The van der Waals surface area contributed by atoms with Gasteiger partial charge in [-0.05, 0) is 19.8 Å². The summed E-state index contributed by atoms with van der Waals surface area (Å²) in [5, 5.41) is 0. The molecule has 5 nitrogen and oxygen atoms in total. The molecule has 16 heavy (non-hydrogen) atoms. The molecular formula is C11H20N4O. The van der Waals surface area contributed by atoms with Gasteiger partial charge in [0.05, 0.1) is 11.6 Å². The number of hydrogen-bond acceptors (Lipinski definition) is 4. The van der Waals surface area contributed by atoms with Gasteiger partial charge in [-0.25, -0.2) is 4.98 Å². The molecule has 2 rings (SSSR count). The molecule has 5 heteroatoms. The van der Waals surface area contributed by atoms with E-state index in [1.165, 1.54) is 0 Å². The SMILES string of the molecule is Cn1ccnc1CC(NN)C1(C)CCCO1. The number of nitrogens with one attached hydrogen (secondary N) is 1. The first-order valence-electron chi connectivity index (χ1n) is 5.72. The van der Waals surface area contributed by atoms with Gasteiger partial charge in [-0.3, -0.25) is 11.3 Å². The van der Waals surface area contributed by atoms with Crippen LogP contribution >= 0.6 is 0 Å². The van der Waals surface area contributed by atoms with Gasteiger partial charge in [-0.2, -0.15) is 0 Å². The third-order valence-corrected chi connectivity index (χ3v) is 3.50. The van der Waals surface area contributed by atoms with Crippen molar-refractivity contribution in [2.45, 2.75) is 37.8 Å². The molecule has 2 unspecified atom stereocenters. The summed E-state index contributed by atoms with van der Waals surface area (Å²) in [6, 6.07) is 0.107. The highest BCUT2D eigenvalue weighted by Crippen LogP contribution is 2.29. The van der Waals surface area contributed by atoms with Crippen LogP contribution in [0.25, 0.3) is 0 Å². The summed E-state index contributed by atoms with van der Waals surface area (Å²) < 4.78 is 7.82. The van der Waals surface area contributed by atoms with E-state index in [-0.39, 0.29) is 11.6 Å². The van der Waals surface area contributed by atoms with Crippen molar-refractivity contribution in [3.63, 3.8) is 0 Å². The Morgan fingerprint density at radius 3 is 3.06 bits per heavy atom. The van der Waals surface area contributed by atoms with Crippen molar-refractivity contribution in [1.82, 2.24) is 15.0 Å². The van der Waals surface area contributed by atoms with Gasteiger partial charge in [-0.1, -0.05) is 0 Å². The first-order valence-corrected chi connectivity index (χ1v) is 5.72. The lowest BCUT2D eigenvalue weighted by atomic mass is 9.91. The Balaban J connectivity index is 2.08. The molecule has 1 aromatic rings. The maximum Gasteiger partial charge on any atom is 0.110 e. The molecule has 90 valence electrons. The largest absolute Gasteiger partial charge is 0.374 e. The summed E-state index contributed by atoms with van der Waals surface area (Å²) in [5.41, 5.74) is 2.71. The van der Waals surface area contributed by atoms with Crippen molar-refractivity contribution in [2.75, 3.05) is 6.61 Å². The first kappa shape index (κ1) is 11.6. The van der Waals surface area contributed by atoms with E-state index < -0.39 is 0 Å². The number of rotatable bonds is 4. The van der Waals surface area contributed by atoms with Crippen LogP contribution < -0.4 is 11.3 Å². The van der Waals surface area contributed by atoms with Crippen LogP contribution in [0.1, 0.15) is 25.6 Å². The molecule has 1 aromatic heterocycles. The number of hydrogen-bond donors (Lipinski definition) is 2. The zero-order chi connectivity index (χ0) is 11.6. The van der Waals surface area contributed by atoms with Crippen molar-refractivity contribution < 1.29 is 4.74 Å². The van der Waals surface area contributed by atoms with Crippen LogP contribution in [0, 0.1) is 0 Å². The Bertz CT molecular complexity index is 344. The molecule has 0 amide bonds. The Kier molecular flexibility index (Phi) is 3.28. The van der Waals surface area contributed by atoms with Gasteiger partial charge in [0.2, 0.25) is 0 Å². The number of imidazole rings is 1. The maximum atomic E-state index is 5.80. The predicted octanol–water partition coefficient (Wildman–Crippen LogP) is 0.364. The van der Waals surface area contributed by atoms with Gasteiger partial charge in [0.15, 0.2) is 0 Å². The van der Waals surface area contributed by atoms with E-state index in [9.17, 15) is 0 Å². The summed E-state index contributed by atoms with van der Waals surface area (Å²) >= 11 is 0. The number of nitrogens with zero attached hydrogens (tertiary/aromatic N) is 2. The van der Waals surface area contributed by atoms with E-state index in [0.717, 1.165) is 31.7 Å². The molecule has 1 aliphatic rings. The third-order valence-electron chi connectivity index (χ3n) is 3.50. The second kappa shape index (κ2) is 4.53. The van der Waals surface area contributed by atoms with Crippen LogP contribution in [-0.2, 0) is 18.2 Å². The highest BCUT2D eigenvalue weighted by Gasteiger charge is 2.38. The van der Waals surface area contributed by atoms with Gasteiger partial charge in [0.1, 0.15) is 5.82 Å². The van der Waals surface area contributed by atoms with Gasteiger partial charge >= 0.3 is 0 Å². The summed E-state index contributed by atoms with van der Waals surface area (Å²) in [4.78, 5) is 4.32. The lowest BCUT2D eigenvalue weighted by Gasteiger charge is -2.32. The van der Waals surface area contributed by atoms with Crippen LogP contribution in [0.2, 0.25) is 0 Å². The molecule has 1 saturated heterocycles. The highest BCUT2D eigenvalue weighted by molar-refractivity contribution is 5.01. The molecule has 1 aliphatic heterocycles. The molecule has 0 radical (unpaired) electrons. The van der Waals surface area contributed by atoms with Gasteiger partial charge in [-0.15, -0.1) is 0 Å². The predicted molar refractivity (Wildman–Crippen MR) is 61.6 cm³/mol. The zero-order valence-electron chi connectivity index (χ0n) is 9.94. The fourth-order valence-corrected chi connectivity index (χ4v) is 2.30. The third kappa shape index (κ3) is 2.11. The topological polar surface area (TPSA) is 65.1 Å². The van der Waals surface area contributed by atoms with Crippen molar-refractivity contribution in [3.8, 4) is 0 Å². The Hall–Kier alpha value is -0.910. The second-order valence-corrected chi connectivity index (χ2v) is 4.64. The van der Waals surface area contributed by atoms with E-state index in [0.29, 0.717) is 0 Å². The minimum absolute atomic E-state index is 0.107. The van der Waals surface area contributed by atoms with Crippen LogP contribution in [-0.4, -0.2) is 27.8 Å². The van der Waals surface area contributed by atoms with Crippen LogP contribution in [0.4, 0.5) is 0 Å². The Labute approximate surface area is 96.0 Å². The minimum atomic E-state index is -0.166. The molecule has 0 spiro atoms. The van der Waals surface area contributed by atoms with Gasteiger partial charge < -0.3 is 9.30 Å². The van der Waals surface area contributed by atoms with Crippen molar-refractivity contribution in [1.29, 1.82) is 0 Å². The maximum absolute atomic E-state index is 5.80. The van der Waals surface area contributed by atoms with E-state index in [1.807, 2.05) is 17.8 Å². The fourth-order valence-electron chi connectivity index (χ4n) is 2.30. The number of ether oxygens (including phenoxy) is 1. The molecule has 0 bridgehead atoms. The number of hydrazine groups is 1. The molecule has 2 atom stereocenters. The van der Waals surface area contributed by atoms with Crippen molar-refractivity contribution in [3.05, 3.63) is 18.2 Å². The Morgan fingerprint density at radius 2 is 2.56 bits per heavy atom. The van der Waals surface area contributed by atoms with Crippen LogP contribution in [0.5, 0.6) is 0 Å². The normalized spacial score (nSPS) is 27.2. The second-order valence-electron chi connectivity index (χ2n) is 4.64. The monoisotopic (exact) mass is 224 g/mol. The number of aromatic nitrogens is 2. The summed E-state index contributed by atoms with van der Waals surface area (Å²) in [6.07, 6.45) is 6.69. The summed E-state index contributed by atoms with van der Waals surface area (Å²) in [7, 11) is 1.99. The standard InChI is InChI=1S/C11H20N4O/c1-11(4-3-7-16-11)9(14-12)8-10-13-5-6-15(10)2/h5-6,9,14H,3-4,7-8,12H2,1-2H3. The average molecular weight is 224 g/mol. The quantitative estimate of drug-likeness (QED) is 0.572. The fraction of sp³-hybridized carbons (Fsp3) is 0.727. The number of nitrogens with two attached hydrogens (primary N) is 1. The Morgan fingerprint density at radius 1 is 1.75 bits per heavy atom. The van der Waals surface area contributed by atoms with E-state index >= 15 is 0 Å². The lowest BCUT2D eigenvalue weighted by molar-refractivity contribution is -0.0121. The molecule has 1 fully saturated rings. The molecule has 2 heterocycles. The smallest absolute Gasteiger partial charge is 0.110 e. The van der Waals surface area contributed by atoms with E-state index in [1.54, 1.807) is 6.20 Å². The van der Waals surface area contributed by atoms with Crippen LogP contribution in [0.3, 0.4) is 0 Å². The molecule has 0 aliphatic carbocycles. The molecule has 3 N–H and O–H groups in total. The van der Waals surface area contributed by atoms with Crippen LogP contribution in [0.15, 0.2) is 12.4 Å². The van der Waals surface area contributed by atoms with E-state index in [2.05, 4.69) is 17.3 Å². The summed E-state index contributed by atoms with van der Waals surface area (Å²) in [5.74, 6) is 6.66. The minimum Gasteiger partial charge on any atom is -0.374 e. The van der Waals surface area contributed by atoms with Crippen molar-refractivity contribution in [2.24, 2.45) is 12.9 Å². The lowest BCUT2D eigenvalue weighted by Crippen LogP contribution is -2.52. The molecule has 0 aromatic carbocycles. The summed E-state index contributed by atoms with van der Waals surface area (Å²) in [6.45, 7) is 2.95. The average Bonchev–Trinajstić information content (AvgIpc) is 2.85. The molecule has 0 saturated carbocycles. The molecular weight excluding hydrogens is 204 g/mol. The van der Waals surface area contributed by atoms with Gasteiger partial charge in [0, 0.05) is 32.5 Å². The number of aryl methyl sites for hydroxylation is 1. The zero-order valence-corrected chi connectivity index (χ0v) is 9.94. The first-order chi connectivity index (χ1) is 7.65. The van der Waals surface area contributed by atoms with E-state index in [4.69, 9.17) is 10.6 Å². The van der Waals surface area contributed by atoms with Crippen molar-refractivity contribution >= 4 is 0 Å². The van der Waals surface area contributed by atoms with Gasteiger partial charge in [0.25, 0.3) is 0 Å².